The van der Waals surface area contributed by atoms with Crippen molar-refractivity contribution >= 4 is 11.9 Å². The number of morpholine rings is 1. The van der Waals surface area contributed by atoms with Gasteiger partial charge in [-0.2, -0.15) is 13.2 Å². The van der Waals surface area contributed by atoms with Crippen LogP contribution in [0.2, 0.25) is 0 Å². The molecule has 274 valence electrons. The number of likely N-dealkylation sites (tertiary alicyclic amines) is 1. The molecule has 4 atom stereocenters. The van der Waals surface area contributed by atoms with E-state index in [0.717, 1.165) is 63.6 Å². The zero-order valence-electron chi connectivity index (χ0n) is 29.4. The Balaban J connectivity index is 1.36. The summed E-state index contributed by atoms with van der Waals surface area (Å²) in [5.41, 5.74) is 3.80. The van der Waals surface area contributed by atoms with Gasteiger partial charge in [0.15, 0.2) is 0 Å². The topological polar surface area (TPSA) is 101 Å². The van der Waals surface area contributed by atoms with E-state index in [1.54, 1.807) is 0 Å². The Morgan fingerprint density at radius 1 is 1.08 bits per heavy atom. The minimum atomic E-state index is -4.77. The van der Waals surface area contributed by atoms with Crippen LogP contribution in [0.3, 0.4) is 0 Å². The highest BCUT2D eigenvalue weighted by molar-refractivity contribution is 5.82. The lowest BCUT2D eigenvalue weighted by atomic mass is 9.87. The maximum absolute atomic E-state index is 14.3. The van der Waals surface area contributed by atoms with Crippen LogP contribution < -0.4 is 10.9 Å². The van der Waals surface area contributed by atoms with Crippen LogP contribution >= 0.6 is 0 Å². The predicted molar refractivity (Wildman–Crippen MR) is 184 cm³/mol. The van der Waals surface area contributed by atoms with Crippen LogP contribution in [0, 0.1) is 25.6 Å². The maximum Gasteiger partial charge on any atom is 0.416 e. The van der Waals surface area contributed by atoms with Gasteiger partial charge in [0.1, 0.15) is 11.9 Å². The minimum Gasteiger partial charge on any atom is -0.481 e. The van der Waals surface area contributed by atoms with Gasteiger partial charge in [-0.3, -0.25) is 19.3 Å². The monoisotopic (exact) mass is 711 g/mol. The Morgan fingerprint density at radius 3 is 2.41 bits per heavy atom. The third-order valence-electron chi connectivity index (χ3n) is 10.6. The number of nitrogens with one attached hydrogen (secondary N) is 1. The molecule has 1 aromatic heterocycles. The number of carbonyl (C=O) groups excluding carboxylic acids is 1. The van der Waals surface area contributed by atoms with Crippen molar-refractivity contribution in [2.75, 3.05) is 19.7 Å². The zero-order chi connectivity index (χ0) is 36.8. The average Bonchev–Trinajstić information content (AvgIpc) is 3.79. The number of alkyl halides is 3. The molecular formula is C39H45F4N3O5. The molecule has 0 saturated carbocycles. The Bertz CT molecular complexity index is 1860. The molecular weight excluding hydrogens is 666 g/mol. The van der Waals surface area contributed by atoms with Crippen LogP contribution in [0.25, 0.3) is 11.1 Å². The number of carbonyl (C=O) groups is 2. The van der Waals surface area contributed by atoms with Crippen molar-refractivity contribution in [2.24, 2.45) is 5.92 Å². The molecule has 0 spiro atoms. The quantitative estimate of drug-likeness (QED) is 0.203. The molecule has 51 heavy (non-hydrogen) atoms. The number of rotatable bonds is 12. The van der Waals surface area contributed by atoms with E-state index >= 15 is 0 Å². The maximum atomic E-state index is 14.3. The third kappa shape index (κ3) is 7.91. The number of aromatic nitrogens is 1. The first-order valence-electron chi connectivity index (χ1n) is 17.7. The lowest BCUT2D eigenvalue weighted by Gasteiger charge is -2.28. The van der Waals surface area contributed by atoms with Gasteiger partial charge in [0.2, 0.25) is 5.91 Å². The molecule has 3 heterocycles. The fourth-order valence-corrected chi connectivity index (χ4v) is 8.29. The molecule has 3 aliphatic rings. The van der Waals surface area contributed by atoms with E-state index in [1.165, 1.54) is 18.3 Å². The predicted octanol–water partition coefficient (Wildman–Crippen LogP) is 6.71. The molecule has 2 N–H and O–H groups in total. The lowest BCUT2D eigenvalue weighted by Crippen LogP contribution is -2.41. The van der Waals surface area contributed by atoms with Gasteiger partial charge in [0, 0.05) is 31.4 Å². The molecule has 1 aliphatic carbocycles. The fraction of sp³-hybridized carbons (Fsp3) is 0.513. The van der Waals surface area contributed by atoms with Crippen LogP contribution in [0.5, 0.6) is 0 Å². The lowest BCUT2D eigenvalue weighted by molar-refractivity contribution is -0.139. The number of pyridine rings is 1. The first kappa shape index (κ1) is 36.8. The van der Waals surface area contributed by atoms with Crippen molar-refractivity contribution < 1.29 is 37.0 Å². The van der Waals surface area contributed by atoms with E-state index in [1.807, 2.05) is 39.8 Å². The number of aliphatic carboxylic acids is 1. The summed E-state index contributed by atoms with van der Waals surface area (Å²) >= 11 is 0. The molecule has 2 aromatic carbocycles. The Hall–Kier alpha value is -4.03. The van der Waals surface area contributed by atoms with Crippen LogP contribution in [-0.4, -0.2) is 58.3 Å². The first-order chi connectivity index (χ1) is 24.1. The van der Waals surface area contributed by atoms with Crippen molar-refractivity contribution in [3.05, 3.63) is 91.6 Å². The van der Waals surface area contributed by atoms with Gasteiger partial charge >= 0.3 is 12.1 Å². The van der Waals surface area contributed by atoms with Crippen LogP contribution in [0.4, 0.5) is 17.6 Å². The van der Waals surface area contributed by atoms with Gasteiger partial charge < -0.3 is 19.7 Å². The fourth-order valence-electron chi connectivity index (χ4n) is 8.29. The van der Waals surface area contributed by atoms with Crippen molar-refractivity contribution in [2.45, 2.75) is 103 Å². The van der Waals surface area contributed by atoms with Gasteiger partial charge in [-0.05, 0) is 121 Å². The number of ether oxygens (including phenoxy) is 1. The standard InChI is InChI=1S/C39H45F4N3O5/c1-21(2)10-34(46-18-25(32(16-35(46)47)39(41,42)43)8-9-45-19-29-15-28(45)20-51-29)38(50)44-33(17-36(48)49)26-13-24-6-5-7-30(24)31(14-26)37-22(3)11-27(40)12-23(37)4/h11-14,16,18,21,28-29,33-34H,5-10,15,17,19-20H2,1-4H3,(H,44,50)(H,48,49)/t28-,29-,33-,34-/m0/s1. The molecule has 3 aromatic rings. The van der Waals surface area contributed by atoms with E-state index in [4.69, 9.17) is 4.74 Å². The molecule has 0 unspecified atom stereocenters. The number of fused-ring (bicyclic) bond motifs is 3. The highest BCUT2D eigenvalue weighted by atomic mass is 19.4. The summed E-state index contributed by atoms with van der Waals surface area (Å²) in [5, 5.41) is 12.8. The molecule has 2 saturated heterocycles. The molecule has 0 radical (unpaired) electrons. The molecule has 2 fully saturated rings. The number of carboxylic acids is 1. The third-order valence-corrected chi connectivity index (χ3v) is 10.6. The second-order valence-corrected chi connectivity index (χ2v) is 14.8. The van der Waals surface area contributed by atoms with Gasteiger partial charge in [-0.15, -0.1) is 0 Å². The number of amides is 1. The number of benzene rings is 2. The molecule has 2 bridgehead atoms. The SMILES string of the molecule is Cc1cc(F)cc(C)c1-c1cc([C@H](CC(=O)O)NC(=O)[C@H](CC(C)C)n2cc(CCN3C[C@@H]4C[C@H]3CO4)c(C(F)(F)F)cc2=O)cc2c1CCC2. The molecule has 2 aliphatic heterocycles. The van der Waals surface area contributed by atoms with Crippen molar-refractivity contribution in [1.82, 2.24) is 14.8 Å². The van der Waals surface area contributed by atoms with Crippen molar-refractivity contribution in [3.8, 4) is 11.1 Å². The Labute approximate surface area is 294 Å². The van der Waals surface area contributed by atoms with E-state index in [2.05, 4.69) is 10.2 Å². The summed E-state index contributed by atoms with van der Waals surface area (Å²) in [6.45, 7) is 8.86. The van der Waals surface area contributed by atoms with Crippen molar-refractivity contribution in [1.29, 1.82) is 0 Å². The number of hydrogen-bond acceptors (Lipinski definition) is 5. The second kappa shape index (κ2) is 14.5. The highest BCUT2D eigenvalue weighted by Crippen LogP contribution is 2.39. The summed E-state index contributed by atoms with van der Waals surface area (Å²) in [5.74, 6) is -2.31. The number of aryl methyl sites for hydroxylation is 3. The smallest absolute Gasteiger partial charge is 0.416 e. The van der Waals surface area contributed by atoms with Gasteiger partial charge in [0.05, 0.1) is 30.7 Å². The summed E-state index contributed by atoms with van der Waals surface area (Å²) in [6.07, 6.45) is -0.531. The van der Waals surface area contributed by atoms with Crippen LogP contribution in [0.1, 0.15) is 90.6 Å². The number of halogens is 4. The average molecular weight is 712 g/mol. The van der Waals surface area contributed by atoms with Gasteiger partial charge in [-0.1, -0.05) is 19.9 Å². The normalized spacial score (nSPS) is 19.8. The number of nitrogens with zero attached hydrogens (tertiary/aromatic N) is 2. The molecule has 12 heteroatoms. The Morgan fingerprint density at radius 2 is 1.80 bits per heavy atom. The molecule has 1 amide bonds. The second-order valence-electron chi connectivity index (χ2n) is 14.8. The van der Waals surface area contributed by atoms with E-state index in [-0.39, 0.29) is 42.3 Å². The first-order valence-corrected chi connectivity index (χ1v) is 17.7. The van der Waals surface area contributed by atoms with Crippen LogP contribution in [0.15, 0.2) is 41.3 Å². The van der Waals surface area contributed by atoms with Gasteiger partial charge in [-0.25, -0.2) is 4.39 Å². The van der Waals surface area contributed by atoms with Gasteiger partial charge in [0.25, 0.3) is 5.56 Å². The molecule has 6 rings (SSSR count). The Kier molecular flexibility index (Phi) is 10.5. The summed E-state index contributed by atoms with van der Waals surface area (Å²) in [7, 11) is 0. The van der Waals surface area contributed by atoms with E-state index in [9.17, 15) is 37.1 Å². The minimum absolute atomic E-state index is 0.0239. The van der Waals surface area contributed by atoms with E-state index in [0.29, 0.717) is 31.3 Å². The number of carboxylic acid groups (broad SMARTS) is 1. The zero-order valence-corrected chi connectivity index (χ0v) is 29.4. The summed E-state index contributed by atoms with van der Waals surface area (Å²) in [4.78, 5) is 42.0. The molecule has 8 nitrogen and oxygen atoms in total. The highest BCUT2D eigenvalue weighted by Gasteiger charge is 2.40. The largest absolute Gasteiger partial charge is 0.481 e. The summed E-state index contributed by atoms with van der Waals surface area (Å²) in [6, 6.07) is 5.21. The van der Waals surface area contributed by atoms with Crippen molar-refractivity contribution in [3.63, 3.8) is 0 Å². The summed E-state index contributed by atoms with van der Waals surface area (Å²) < 4.78 is 63.7. The van der Waals surface area contributed by atoms with E-state index < -0.39 is 47.7 Å². The van der Waals surface area contributed by atoms with Crippen LogP contribution in [-0.2, 0) is 39.8 Å². The number of hydrogen-bond donors (Lipinski definition) is 2.